The van der Waals surface area contributed by atoms with Crippen LogP contribution in [0, 0.1) is 17.7 Å². The van der Waals surface area contributed by atoms with Crippen LogP contribution in [0.25, 0.3) is 21.8 Å². The van der Waals surface area contributed by atoms with E-state index < -0.39 is 32.7 Å². The van der Waals surface area contributed by atoms with Gasteiger partial charge in [0.2, 0.25) is 5.95 Å². The molecule has 236 valence electrons. The summed E-state index contributed by atoms with van der Waals surface area (Å²) in [5, 5.41) is 4.11. The van der Waals surface area contributed by atoms with E-state index in [1.807, 2.05) is 0 Å². The van der Waals surface area contributed by atoms with Crippen molar-refractivity contribution in [3.05, 3.63) is 41.3 Å². The largest absolute Gasteiger partial charge is 0.447 e. The molecule has 4 N–H and O–H groups in total. The summed E-state index contributed by atoms with van der Waals surface area (Å²) in [5.41, 5.74) is 0.231. The van der Waals surface area contributed by atoms with E-state index >= 15 is 4.39 Å². The van der Waals surface area contributed by atoms with Gasteiger partial charge in [-0.3, -0.25) is 13.8 Å². The average Bonchev–Trinajstić information content (AvgIpc) is 3.41. The maximum absolute atomic E-state index is 16.2. The first-order chi connectivity index (χ1) is 20.9. The van der Waals surface area contributed by atoms with Crippen molar-refractivity contribution in [3.63, 3.8) is 0 Å². The maximum Gasteiger partial charge on any atom is 0.425 e. The topological polar surface area (TPSA) is 176 Å². The number of nitrogens with one attached hydrogen (secondary N) is 2. The predicted octanol–water partition coefficient (Wildman–Crippen LogP) is 4.37. The Morgan fingerprint density at radius 2 is 1.89 bits per heavy atom. The van der Waals surface area contributed by atoms with E-state index in [2.05, 4.69) is 21.9 Å². The van der Waals surface area contributed by atoms with Gasteiger partial charge in [-0.15, -0.1) is 11.3 Å². The fourth-order valence-corrected chi connectivity index (χ4v) is 10.7. The normalized spacial score (nSPS) is 26.1. The molecule has 13 nitrogen and oxygen atoms in total. The lowest BCUT2D eigenvalue weighted by molar-refractivity contribution is 0.0564. The monoisotopic (exact) mass is 666 g/mol. The summed E-state index contributed by atoms with van der Waals surface area (Å²) in [5.74, 6) is 0.589. The molecule has 5 heterocycles. The number of anilines is 2. The van der Waals surface area contributed by atoms with Crippen molar-refractivity contribution in [1.29, 1.82) is 0 Å². The number of thiazole rings is 1. The molecular formula is C27H31FN6O7S3. The van der Waals surface area contributed by atoms with E-state index in [4.69, 9.17) is 19.4 Å². The highest BCUT2D eigenvalue weighted by Crippen LogP contribution is 2.62. The molecule has 3 atom stereocenters. The lowest BCUT2D eigenvalue weighted by Crippen LogP contribution is -2.36. The fraction of sp³-hybridized carbons (Fsp3) is 0.481. The minimum atomic E-state index is -4.41. The highest BCUT2D eigenvalue weighted by atomic mass is 32.3. The molecule has 3 aromatic rings. The Morgan fingerprint density at radius 1 is 1.14 bits per heavy atom. The highest BCUT2D eigenvalue weighted by molar-refractivity contribution is 8.24. The van der Waals surface area contributed by atoms with Gasteiger partial charge in [-0.1, -0.05) is 13.0 Å². The number of ether oxygens (including phenoxy) is 2. The van der Waals surface area contributed by atoms with Gasteiger partial charge in [0.15, 0.2) is 5.82 Å². The molecule has 4 fully saturated rings. The second-order valence-electron chi connectivity index (χ2n) is 11.7. The van der Waals surface area contributed by atoms with Crippen molar-refractivity contribution in [1.82, 2.24) is 19.3 Å². The van der Waals surface area contributed by atoms with Crippen LogP contribution in [0.3, 0.4) is 0 Å². The fourth-order valence-electron chi connectivity index (χ4n) is 6.06. The third kappa shape index (κ3) is 5.38. The van der Waals surface area contributed by atoms with Crippen LogP contribution in [0.1, 0.15) is 24.8 Å². The molecule has 44 heavy (non-hydrogen) atoms. The van der Waals surface area contributed by atoms with Crippen LogP contribution >= 0.6 is 21.9 Å². The van der Waals surface area contributed by atoms with Crippen molar-refractivity contribution in [2.45, 2.75) is 31.2 Å². The number of benzene rings is 1. The number of carbonyl (C=O) groups excluding carboxylic acids is 1. The van der Waals surface area contributed by atoms with Gasteiger partial charge >= 0.3 is 16.3 Å². The van der Waals surface area contributed by atoms with E-state index in [0.717, 1.165) is 17.8 Å². The molecule has 3 saturated heterocycles. The highest BCUT2D eigenvalue weighted by Gasteiger charge is 2.59. The van der Waals surface area contributed by atoms with Gasteiger partial charge in [0, 0.05) is 59.8 Å². The molecule has 0 bridgehead atoms. The van der Waals surface area contributed by atoms with Gasteiger partial charge in [-0.25, -0.2) is 24.1 Å². The standard InChI is InChI=1S/C27H31FN6O7S3/c1-27(6-10-40-11-7-27)24-31-22(15-3-2-4-18(20(15)28)33-44(38,39)34-9-12-41-26(34)35)23(42-24)19-5-8-29-25(30-19)32-21-16-13-43(36,37)14-17(16)21/h2-5,8,16-17,21,33,36-37H,6-7,9-14H2,1H3,(H,29,30,32)/t16-,17+,21?. The zero-order valence-electron chi connectivity index (χ0n) is 23.6. The van der Waals surface area contributed by atoms with E-state index in [0.29, 0.717) is 51.2 Å². The average molecular weight is 667 g/mol. The zero-order valence-corrected chi connectivity index (χ0v) is 26.1. The second-order valence-corrected chi connectivity index (χ2v) is 16.6. The molecule has 1 aliphatic carbocycles. The molecule has 0 radical (unpaired) electrons. The minimum Gasteiger partial charge on any atom is -0.447 e. The Morgan fingerprint density at radius 3 is 2.59 bits per heavy atom. The summed E-state index contributed by atoms with van der Waals surface area (Å²) in [6.45, 7) is 2.98. The van der Waals surface area contributed by atoms with Gasteiger partial charge in [0.05, 0.1) is 33.5 Å². The van der Waals surface area contributed by atoms with E-state index in [1.165, 1.54) is 29.5 Å². The Kier molecular flexibility index (Phi) is 7.25. The molecule has 1 aromatic carbocycles. The van der Waals surface area contributed by atoms with Crippen molar-refractivity contribution in [2.75, 3.05) is 47.9 Å². The summed E-state index contributed by atoms with van der Waals surface area (Å²) in [7, 11) is -6.91. The number of hydrogen-bond donors (Lipinski definition) is 4. The molecule has 2 aromatic heterocycles. The molecule has 4 aliphatic rings. The number of carbonyl (C=O) groups is 1. The van der Waals surface area contributed by atoms with Gasteiger partial charge in [-0.2, -0.15) is 23.3 Å². The molecule has 1 unspecified atom stereocenters. The SMILES string of the molecule is CC1(c2nc(-c3cccc(NS(=O)(=O)N4CCOC4=O)c3F)c(-c3ccnc(NC4[C@H]5CS(O)(O)C[C@@H]45)n3)s2)CCOCC1. The number of cyclic esters (lactones) is 1. The Labute approximate surface area is 258 Å². The molecule has 1 saturated carbocycles. The van der Waals surface area contributed by atoms with Crippen molar-refractivity contribution in [2.24, 2.45) is 11.8 Å². The third-order valence-electron chi connectivity index (χ3n) is 8.68. The van der Waals surface area contributed by atoms with Crippen LogP contribution in [-0.2, 0) is 25.1 Å². The lowest BCUT2D eigenvalue weighted by Gasteiger charge is -2.31. The molecule has 0 spiro atoms. The first-order valence-corrected chi connectivity index (χ1v) is 18.3. The van der Waals surface area contributed by atoms with Crippen LogP contribution in [0.5, 0.6) is 0 Å². The summed E-state index contributed by atoms with van der Waals surface area (Å²) in [4.78, 5) is 26.5. The summed E-state index contributed by atoms with van der Waals surface area (Å²) in [6, 6.07) is 6.08. The number of fused-ring (bicyclic) bond motifs is 1. The smallest absolute Gasteiger partial charge is 0.425 e. The Bertz CT molecular complexity index is 1720. The minimum absolute atomic E-state index is 0.0536. The van der Waals surface area contributed by atoms with Crippen LogP contribution in [0.4, 0.5) is 20.8 Å². The third-order valence-corrected chi connectivity index (χ3v) is 13.3. The molecule has 1 amide bonds. The van der Waals surface area contributed by atoms with E-state index in [1.54, 1.807) is 12.3 Å². The number of hydrogen-bond acceptors (Lipinski definition) is 12. The molecular weight excluding hydrogens is 636 g/mol. The van der Waals surface area contributed by atoms with Crippen molar-refractivity contribution >= 4 is 49.9 Å². The number of rotatable bonds is 8. The van der Waals surface area contributed by atoms with Gasteiger partial charge in [-0.05, 0) is 31.0 Å². The zero-order chi connectivity index (χ0) is 30.9. The second kappa shape index (κ2) is 10.8. The van der Waals surface area contributed by atoms with Gasteiger partial charge < -0.3 is 14.8 Å². The summed E-state index contributed by atoms with van der Waals surface area (Å²) in [6.07, 6.45) is 2.04. The van der Waals surface area contributed by atoms with Crippen LogP contribution in [-0.4, -0.2) is 86.8 Å². The van der Waals surface area contributed by atoms with Crippen LogP contribution in [0.2, 0.25) is 0 Å². The number of nitrogens with zero attached hydrogens (tertiary/aromatic N) is 4. The predicted molar refractivity (Wildman–Crippen MR) is 164 cm³/mol. The number of halogens is 1. The van der Waals surface area contributed by atoms with Crippen LogP contribution in [0.15, 0.2) is 30.5 Å². The summed E-state index contributed by atoms with van der Waals surface area (Å²) >= 11 is 1.40. The first-order valence-electron chi connectivity index (χ1n) is 14.1. The van der Waals surface area contributed by atoms with Gasteiger partial charge in [0.25, 0.3) is 0 Å². The first kappa shape index (κ1) is 29.6. The molecule has 7 rings (SSSR count). The quantitative estimate of drug-likeness (QED) is 0.269. The molecule has 3 aliphatic heterocycles. The molecule has 17 heteroatoms. The van der Waals surface area contributed by atoms with Crippen LogP contribution < -0.4 is 10.0 Å². The Balaban J connectivity index is 1.25. The maximum atomic E-state index is 16.2. The van der Waals surface area contributed by atoms with Gasteiger partial charge in [0.1, 0.15) is 6.61 Å². The Hall–Kier alpha value is -3.09. The number of aromatic nitrogens is 3. The summed E-state index contributed by atoms with van der Waals surface area (Å²) < 4.78 is 74.9. The van der Waals surface area contributed by atoms with Crippen molar-refractivity contribution in [3.8, 4) is 21.8 Å². The number of amides is 1. The lowest BCUT2D eigenvalue weighted by atomic mass is 9.83. The van der Waals surface area contributed by atoms with E-state index in [-0.39, 0.29) is 47.7 Å². The van der Waals surface area contributed by atoms with E-state index in [9.17, 15) is 22.3 Å². The van der Waals surface area contributed by atoms with Crippen molar-refractivity contribution < 1.29 is 36.2 Å².